The third-order valence-electron chi connectivity index (χ3n) is 2.27. The predicted molar refractivity (Wildman–Crippen MR) is 74.8 cm³/mol. The van der Waals surface area contributed by atoms with Crippen molar-refractivity contribution in [1.29, 1.82) is 0 Å². The molecule has 1 heterocycles. The number of hydrogen-bond acceptors (Lipinski definition) is 4. The van der Waals surface area contributed by atoms with Gasteiger partial charge in [0.1, 0.15) is 6.54 Å². The van der Waals surface area contributed by atoms with Gasteiger partial charge in [0.25, 0.3) is 5.91 Å². The van der Waals surface area contributed by atoms with Gasteiger partial charge < -0.3 is 10.4 Å². The third kappa shape index (κ3) is 3.34. The molecule has 20 heavy (non-hydrogen) atoms. The lowest BCUT2D eigenvalue weighted by atomic mass is 10.3. The summed E-state index contributed by atoms with van der Waals surface area (Å²) in [4.78, 5) is 22.4. The zero-order valence-corrected chi connectivity index (χ0v) is 12.2. The molecule has 0 bridgehead atoms. The molecule has 2 rings (SSSR count). The average molecular weight is 360 g/mol. The van der Waals surface area contributed by atoms with Gasteiger partial charge >= 0.3 is 5.97 Å². The van der Waals surface area contributed by atoms with E-state index in [4.69, 9.17) is 16.7 Å². The monoisotopic (exact) mass is 358 g/mol. The van der Waals surface area contributed by atoms with Crippen LogP contribution in [-0.4, -0.2) is 32.0 Å². The van der Waals surface area contributed by atoms with E-state index < -0.39 is 11.9 Å². The first-order valence-electron chi connectivity index (χ1n) is 5.34. The number of hydrogen-bond donors (Lipinski definition) is 2. The lowest BCUT2D eigenvalue weighted by Crippen LogP contribution is -2.13. The molecule has 0 aliphatic rings. The Labute approximate surface area is 126 Å². The van der Waals surface area contributed by atoms with Gasteiger partial charge in [-0.2, -0.15) is 0 Å². The molecule has 9 heteroatoms. The number of nitrogens with zero attached hydrogens (tertiary/aromatic N) is 3. The Morgan fingerprint density at radius 3 is 2.90 bits per heavy atom. The quantitative estimate of drug-likeness (QED) is 0.870. The summed E-state index contributed by atoms with van der Waals surface area (Å²) in [6.07, 6.45) is 1.25. The van der Waals surface area contributed by atoms with Gasteiger partial charge in [0, 0.05) is 0 Å². The fourth-order valence-electron chi connectivity index (χ4n) is 1.40. The zero-order valence-electron chi connectivity index (χ0n) is 9.88. The highest BCUT2D eigenvalue weighted by Crippen LogP contribution is 2.30. The molecule has 1 amide bonds. The fraction of sp³-hybridized carbons (Fsp3) is 0.0909. The van der Waals surface area contributed by atoms with Gasteiger partial charge in [-0.25, -0.2) is 4.68 Å². The van der Waals surface area contributed by atoms with E-state index in [1.807, 2.05) is 0 Å². The van der Waals surface area contributed by atoms with Crippen LogP contribution in [0.1, 0.15) is 10.5 Å². The number of halogens is 2. The predicted octanol–water partition coefficient (Wildman–Crippen LogP) is 2.03. The van der Waals surface area contributed by atoms with Gasteiger partial charge in [-0.3, -0.25) is 9.59 Å². The van der Waals surface area contributed by atoms with Crippen LogP contribution in [0.15, 0.2) is 28.9 Å². The highest BCUT2D eigenvalue weighted by Gasteiger charge is 2.14. The SMILES string of the molecule is O=C(O)Cn1cc(C(=O)Nc2cccc(Cl)c2Br)nn1. The van der Waals surface area contributed by atoms with Crippen molar-refractivity contribution >= 4 is 45.1 Å². The topological polar surface area (TPSA) is 97.1 Å². The van der Waals surface area contributed by atoms with Crippen LogP contribution in [0.25, 0.3) is 0 Å². The van der Waals surface area contributed by atoms with Crippen molar-refractivity contribution in [3.05, 3.63) is 39.6 Å². The Hall–Kier alpha value is -1.93. The van der Waals surface area contributed by atoms with E-state index in [0.717, 1.165) is 4.68 Å². The van der Waals surface area contributed by atoms with Crippen LogP contribution in [0.3, 0.4) is 0 Å². The summed E-state index contributed by atoms with van der Waals surface area (Å²) in [7, 11) is 0. The van der Waals surface area contributed by atoms with Crippen LogP contribution in [-0.2, 0) is 11.3 Å². The van der Waals surface area contributed by atoms with Crippen molar-refractivity contribution in [2.75, 3.05) is 5.32 Å². The van der Waals surface area contributed by atoms with E-state index in [0.29, 0.717) is 15.2 Å². The molecule has 1 aromatic carbocycles. The molecule has 0 fully saturated rings. The number of aliphatic carboxylic acids is 1. The Balaban J connectivity index is 2.14. The standard InChI is InChI=1S/C11H8BrClN4O3/c12-10-6(13)2-1-3-7(10)14-11(20)8-4-17(16-15-8)5-9(18)19/h1-4H,5H2,(H,14,20)(H,18,19). The molecule has 0 spiro atoms. The summed E-state index contributed by atoms with van der Waals surface area (Å²) < 4.78 is 1.61. The Bertz CT molecular complexity index is 673. The minimum absolute atomic E-state index is 0.0122. The molecule has 2 N–H and O–H groups in total. The van der Waals surface area contributed by atoms with Crippen LogP contribution >= 0.6 is 27.5 Å². The van der Waals surface area contributed by atoms with E-state index in [-0.39, 0.29) is 12.2 Å². The lowest BCUT2D eigenvalue weighted by molar-refractivity contribution is -0.137. The molecule has 2 aromatic rings. The second-order valence-electron chi connectivity index (χ2n) is 3.75. The van der Waals surface area contributed by atoms with Crippen LogP contribution in [0.5, 0.6) is 0 Å². The molecule has 7 nitrogen and oxygen atoms in total. The summed E-state index contributed by atoms with van der Waals surface area (Å²) in [6, 6.07) is 5.02. The molecule has 0 radical (unpaired) electrons. The Morgan fingerprint density at radius 1 is 1.45 bits per heavy atom. The maximum absolute atomic E-state index is 11.9. The second kappa shape index (κ2) is 6.02. The summed E-state index contributed by atoms with van der Waals surface area (Å²) in [5.41, 5.74) is 0.494. The van der Waals surface area contributed by atoms with Crippen molar-refractivity contribution in [1.82, 2.24) is 15.0 Å². The largest absolute Gasteiger partial charge is 0.480 e. The van der Waals surface area contributed by atoms with Crippen molar-refractivity contribution in [2.24, 2.45) is 0 Å². The van der Waals surface area contributed by atoms with E-state index in [2.05, 4.69) is 31.6 Å². The summed E-state index contributed by atoms with van der Waals surface area (Å²) in [5, 5.41) is 18.8. The fourth-order valence-corrected chi connectivity index (χ4v) is 1.94. The first-order chi connectivity index (χ1) is 9.47. The summed E-state index contributed by atoms with van der Waals surface area (Å²) in [6.45, 7) is -0.360. The molecular weight excluding hydrogens is 352 g/mol. The van der Waals surface area contributed by atoms with E-state index in [1.165, 1.54) is 6.20 Å². The maximum Gasteiger partial charge on any atom is 0.325 e. The van der Waals surface area contributed by atoms with Crippen molar-refractivity contribution in [3.8, 4) is 0 Å². The molecule has 1 aromatic heterocycles. The summed E-state index contributed by atoms with van der Waals surface area (Å²) in [5.74, 6) is -1.58. The normalized spacial score (nSPS) is 10.3. The van der Waals surface area contributed by atoms with Gasteiger partial charge in [-0.15, -0.1) is 5.10 Å². The lowest BCUT2D eigenvalue weighted by Gasteiger charge is -2.06. The minimum atomic E-state index is -1.07. The van der Waals surface area contributed by atoms with Gasteiger partial charge in [0.05, 0.1) is 21.4 Å². The van der Waals surface area contributed by atoms with E-state index in [1.54, 1.807) is 18.2 Å². The van der Waals surface area contributed by atoms with Crippen molar-refractivity contribution in [3.63, 3.8) is 0 Å². The average Bonchev–Trinajstić information content (AvgIpc) is 2.82. The number of carboxylic acid groups (broad SMARTS) is 1. The number of carboxylic acids is 1. The van der Waals surface area contributed by atoms with Crippen LogP contribution < -0.4 is 5.32 Å². The molecule has 0 aliphatic carbocycles. The first-order valence-corrected chi connectivity index (χ1v) is 6.52. The van der Waals surface area contributed by atoms with Crippen LogP contribution in [0, 0.1) is 0 Å². The first kappa shape index (κ1) is 14.5. The van der Waals surface area contributed by atoms with E-state index in [9.17, 15) is 9.59 Å². The Morgan fingerprint density at radius 2 is 2.20 bits per heavy atom. The number of aromatic nitrogens is 3. The van der Waals surface area contributed by atoms with Gasteiger partial charge in [-0.1, -0.05) is 22.9 Å². The molecule has 0 atom stereocenters. The molecule has 0 saturated heterocycles. The molecule has 0 unspecified atom stereocenters. The zero-order chi connectivity index (χ0) is 14.7. The number of amides is 1. The summed E-state index contributed by atoms with van der Waals surface area (Å²) >= 11 is 9.16. The molecular formula is C11H8BrClN4O3. The number of carbonyl (C=O) groups excluding carboxylic acids is 1. The number of anilines is 1. The van der Waals surface area contributed by atoms with E-state index >= 15 is 0 Å². The number of benzene rings is 1. The maximum atomic E-state index is 11.9. The molecule has 104 valence electrons. The number of carbonyl (C=O) groups is 2. The third-order valence-corrected chi connectivity index (χ3v) is 3.67. The highest BCUT2D eigenvalue weighted by atomic mass is 79.9. The minimum Gasteiger partial charge on any atom is -0.480 e. The van der Waals surface area contributed by atoms with Gasteiger partial charge in [0.2, 0.25) is 0 Å². The molecule has 0 saturated carbocycles. The highest BCUT2D eigenvalue weighted by molar-refractivity contribution is 9.10. The number of nitrogens with one attached hydrogen (secondary N) is 1. The van der Waals surface area contributed by atoms with Crippen LogP contribution in [0.4, 0.5) is 5.69 Å². The Kier molecular flexibility index (Phi) is 4.35. The second-order valence-corrected chi connectivity index (χ2v) is 4.95. The van der Waals surface area contributed by atoms with Crippen LogP contribution in [0.2, 0.25) is 5.02 Å². The van der Waals surface area contributed by atoms with Crippen molar-refractivity contribution < 1.29 is 14.7 Å². The van der Waals surface area contributed by atoms with Gasteiger partial charge in [0.15, 0.2) is 5.69 Å². The number of rotatable bonds is 4. The molecule has 0 aliphatic heterocycles. The van der Waals surface area contributed by atoms with Gasteiger partial charge in [-0.05, 0) is 28.1 Å². The van der Waals surface area contributed by atoms with Crippen molar-refractivity contribution in [2.45, 2.75) is 6.54 Å². The smallest absolute Gasteiger partial charge is 0.325 e.